The third-order valence-electron chi connectivity index (χ3n) is 0.874. The van der Waals surface area contributed by atoms with Gasteiger partial charge in [0.15, 0.2) is 5.37 Å². The molecule has 0 fully saturated rings. The Hall–Kier alpha value is -0.170. The second kappa shape index (κ2) is 3.11. The molecule has 0 heterocycles. The van der Waals surface area contributed by atoms with Gasteiger partial charge in [-0.2, -0.15) is 13.9 Å². The van der Waals surface area contributed by atoms with Crippen LogP contribution >= 0.6 is 0 Å². The van der Waals surface area contributed by atoms with Crippen LogP contribution in [0.25, 0.3) is 0 Å². The molecular weight excluding hydrogens is 146 g/mol. The van der Waals surface area contributed by atoms with Gasteiger partial charge in [-0.25, -0.2) is 0 Å². The molecule has 0 aromatic heterocycles. The van der Waals surface area contributed by atoms with E-state index >= 15 is 0 Å². The van der Waals surface area contributed by atoms with Crippen molar-refractivity contribution in [1.82, 2.24) is 5.48 Å². The van der Waals surface area contributed by atoms with E-state index in [-0.39, 0.29) is 6.42 Å². The minimum absolute atomic E-state index is 0.120. The summed E-state index contributed by atoms with van der Waals surface area (Å²) in [6.45, 7) is 1.52. The molecule has 0 aromatic carbocycles. The summed E-state index contributed by atoms with van der Waals surface area (Å²) in [6, 6.07) is 0. The Morgan fingerprint density at radius 1 is 1.67 bits per heavy atom. The summed E-state index contributed by atoms with van der Waals surface area (Å²) >= 11 is 0. The van der Waals surface area contributed by atoms with E-state index in [2.05, 4.69) is 0 Å². The SMILES string of the molecule is CCC(NO)S(=O)(=O)O. The van der Waals surface area contributed by atoms with Gasteiger partial charge >= 0.3 is 0 Å². The van der Waals surface area contributed by atoms with Gasteiger partial charge in [-0.1, -0.05) is 6.92 Å². The van der Waals surface area contributed by atoms with Gasteiger partial charge in [0.2, 0.25) is 0 Å². The molecule has 0 radical (unpaired) electrons. The average molecular weight is 155 g/mol. The molecule has 5 nitrogen and oxygen atoms in total. The number of hydrogen-bond donors (Lipinski definition) is 3. The fraction of sp³-hybridized carbons (Fsp3) is 1.00. The summed E-state index contributed by atoms with van der Waals surface area (Å²) in [5, 5.41) is 6.81. The summed E-state index contributed by atoms with van der Waals surface area (Å²) in [5.74, 6) is 0. The average Bonchev–Trinajstić information content (AvgIpc) is 1.65. The molecule has 0 aliphatic carbocycles. The minimum atomic E-state index is -4.13. The molecule has 3 N–H and O–H groups in total. The van der Waals surface area contributed by atoms with Crippen molar-refractivity contribution in [1.29, 1.82) is 0 Å². The predicted octanol–water partition coefficient (Wildman–Crippen LogP) is -0.411. The molecule has 0 amide bonds. The molecular formula is C3H9NO4S. The van der Waals surface area contributed by atoms with E-state index in [4.69, 9.17) is 9.76 Å². The van der Waals surface area contributed by atoms with E-state index in [1.807, 2.05) is 0 Å². The lowest BCUT2D eigenvalue weighted by Crippen LogP contribution is -2.33. The highest BCUT2D eigenvalue weighted by atomic mass is 32.2. The van der Waals surface area contributed by atoms with Gasteiger partial charge < -0.3 is 5.21 Å². The van der Waals surface area contributed by atoms with Crippen LogP contribution in [0.2, 0.25) is 0 Å². The van der Waals surface area contributed by atoms with E-state index < -0.39 is 15.5 Å². The molecule has 0 aliphatic heterocycles. The first-order valence-corrected chi connectivity index (χ1v) is 3.88. The Morgan fingerprint density at radius 3 is 2.11 bits per heavy atom. The number of rotatable bonds is 3. The van der Waals surface area contributed by atoms with Gasteiger partial charge in [0.25, 0.3) is 10.1 Å². The molecule has 1 unspecified atom stereocenters. The maximum absolute atomic E-state index is 10.1. The van der Waals surface area contributed by atoms with Crippen LogP contribution in [0.3, 0.4) is 0 Å². The van der Waals surface area contributed by atoms with Crippen LogP contribution in [0.1, 0.15) is 13.3 Å². The molecule has 0 rings (SSSR count). The second-order valence-electron chi connectivity index (χ2n) is 1.54. The molecule has 6 heteroatoms. The predicted molar refractivity (Wildman–Crippen MR) is 30.5 cm³/mol. The van der Waals surface area contributed by atoms with Gasteiger partial charge in [0, 0.05) is 0 Å². The maximum atomic E-state index is 10.1. The fourth-order valence-corrected chi connectivity index (χ4v) is 0.923. The lowest BCUT2D eigenvalue weighted by Gasteiger charge is -2.06. The molecule has 0 aromatic rings. The molecule has 9 heavy (non-hydrogen) atoms. The highest BCUT2D eigenvalue weighted by Gasteiger charge is 2.18. The van der Waals surface area contributed by atoms with Crippen molar-refractivity contribution in [2.45, 2.75) is 18.7 Å². The highest BCUT2D eigenvalue weighted by molar-refractivity contribution is 7.86. The summed E-state index contributed by atoms with van der Waals surface area (Å²) in [5.41, 5.74) is 1.45. The van der Waals surface area contributed by atoms with Crippen molar-refractivity contribution in [3.8, 4) is 0 Å². The number of nitrogens with one attached hydrogen (secondary N) is 1. The Kier molecular flexibility index (Phi) is 3.06. The van der Waals surface area contributed by atoms with Crippen LogP contribution in [-0.2, 0) is 10.1 Å². The number of hydroxylamine groups is 1. The normalized spacial score (nSPS) is 15.4. The fourth-order valence-electron chi connectivity index (χ4n) is 0.369. The summed E-state index contributed by atoms with van der Waals surface area (Å²) in [6.07, 6.45) is 0.120. The van der Waals surface area contributed by atoms with E-state index in [0.717, 1.165) is 0 Å². The maximum Gasteiger partial charge on any atom is 0.283 e. The highest BCUT2D eigenvalue weighted by Crippen LogP contribution is 1.96. The van der Waals surface area contributed by atoms with Gasteiger partial charge in [-0.05, 0) is 6.42 Å². The zero-order valence-electron chi connectivity index (χ0n) is 4.90. The van der Waals surface area contributed by atoms with Crippen molar-refractivity contribution >= 4 is 10.1 Å². The van der Waals surface area contributed by atoms with E-state index in [0.29, 0.717) is 0 Å². The topological polar surface area (TPSA) is 86.6 Å². The van der Waals surface area contributed by atoms with Gasteiger partial charge in [-0.3, -0.25) is 4.55 Å². The summed E-state index contributed by atoms with van der Waals surface area (Å²) in [4.78, 5) is 0. The molecule has 0 saturated heterocycles. The largest absolute Gasteiger partial charge is 0.315 e. The minimum Gasteiger partial charge on any atom is -0.315 e. The molecule has 0 spiro atoms. The van der Waals surface area contributed by atoms with Crippen LogP contribution in [0, 0.1) is 0 Å². The first-order valence-electron chi connectivity index (χ1n) is 2.38. The standard InChI is InChI=1S/C3H9NO4S/c1-2-3(4-5)9(6,7)8/h3-5H,2H2,1H3,(H,6,7,8). The smallest absolute Gasteiger partial charge is 0.283 e. The molecule has 0 saturated carbocycles. The Bertz CT molecular complexity index is 159. The first kappa shape index (κ1) is 8.83. The van der Waals surface area contributed by atoms with Crippen LogP contribution in [0.5, 0.6) is 0 Å². The molecule has 1 atom stereocenters. The van der Waals surface area contributed by atoms with Crippen LogP contribution in [0.4, 0.5) is 0 Å². The van der Waals surface area contributed by atoms with Crippen LogP contribution in [0.15, 0.2) is 0 Å². The van der Waals surface area contributed by atoms with E-state index in [9.17, 15) is 8.42 Å². The van der Waals surface area contributed by atoms with E-state index in [1.54, 1.807) is 0 Å². The van der Waals surface area contributed by atoms with Crippen LogP contribution < -0.4 is 5.48 Å². The van der Waals surface area contributed by atoms with Crippen molar-refractivity contribution in [3.63, 3.8) is 0 Å². The molecule has 56 valence electrons. The summed E-state index contributed by atoms with van der Waals surface area (Å²) < 4.78 is 28.5. The van der Waals surface area contributed by atoms with E-state index in [1.165, 1.54) is 12.4 Å². The van der Waals surface area contributed by atoms with Crippen LogP contribution in [-0.4, -0.2) is 23.6 Å². The van der Waals surface area contributed by atoms with Gasteiger partial charge in [0.05, 0.1) is 0 Å². The van der Waals surface area contributed by atoms with Gasteiger partial charge in [-0.15, -0.1) is 0 Å². The third kappa shape index (κ3) is 2.75. The van der Waals surface area contributed by atoms with Gasteiger partial charge in [0.1, 0.15) is 0 Å². The van der Waals surface area contributed by atoms with Crippen molar-refractivity contribution < 1.29 is 18.2 Å². The quantitative estimate of drug-likeness (QED) is 0.381. The Balaban J connectivity index is 4.14. The third-order valence-corrected chi connectivity index (χ3v) is 2.03. The zero-order chi connectivity index (χ0) is 7.49. The van der Waals surface area contributed by atoms with Crippen molar-refractivity contribution in [3.05, 3.63) is 0 Å². The number of hydrogen-bond acceptors (Lipinski definition) is 4. The lowest BCUT2D eigenvalue weighted by molar-refractivity contribution is 0.148. The Morgan fingerprint density at radius 2 is 2.11 bits per heavy atom. The molecule has 0 bridgehead atoms. The second-order valence-corrected chi connectivity index (χ2v) is 3.14. The van der Waals surface area contributed by atoms with Crippen molar-refractivity contribution in [2.75, 3.05) is 0 Å². The lowest BCUT2D eigenvalue weighted by atomic mass is 10.5. The first-order chi connectivity index (χ1) is 4.02. The zero-order valence-corrected chi connectivity index (χ0v) is 5.72. The Labute approximate surface area is 53.4 Å². The van der Waals surface area contributed by atoms with Crippen molar-refractivity contribution in [2.24, 2.45) is 0 Å². The monoisotopic (exact) mass is 155 g/mol. The summed E-state index contributed by atoms with van der Waals surface area (Å²) in [7, 11) is -4.13. The molecule has 0 aliphatic rings.